The summed E-state index contributed by atoms with van der Waals surface area (Å²) in [7, 11) is 0. The molecule has 0 amide bonds. The molecule has 2 nitrogen and oxygen atoms in total. The van der Waals surface area contributed by atoms with Crippen LogP contribution in [0.25, 0.3) is 0 Å². The van der Waals surface area contributed by atoms with Gasteiger partial charge in [0.05, 0.1) is 19.0 Å². The molecule has 0 saturated heterocycles. The fourth-order valence-corrected chi connectivity index (χ4v) is 1.52. The first kappa shape index (κ1) is 8.60. The minimum Gasteiger partial charge on any atom is -0.502 e. The molecule has 1 saturated carbocycles. The molecule has 0 unspecified atom stereocenters. The number of rotatable bonds is 3. The van der Waals surface area contributed by atoms with Gasteiger partial charge in [-0.15, -0.1) is 0 Å². The Balaban J connectivity index is 2.12. The Bertz CT molecular complexity index is 115. The number of hydrogen-bond donors (Lipinski definition) is 1. The predicted molar refractivity (Wildman–Crippen MR) is 44.1 cm³/mol. The fourth-order valence-electron chi connectivity index (χ4n) is 1.52. The van der Waals surface area contributed by atoms with E-state index in [0.717, 1.165) is 32.3 Å². The van der Waals surface area contributed by atoms with Crippen LogP contribution in [-0.2, 0) is 4.74 Å². The molecule has 64 valence electrons. The van der Waals surface area contributed by atoms with Gasteiger partial charge in [-0.2, -0.15) is 0 Å². The third-order valence-corrected chi connectivity index (χ3v) is 2.27. The Labute approximate surface area is 67.9 Å². The van der Waals surface area contributed by atoms with Gasteiger partial charge in [-0.1, -0.05) is 6.58 Å². The standard InChI is InChI=1S/C9H16O2/c1-2-11-7-8-3-5-9(10)6-4-8/h2,8-10H,1,3-7H2. The third kappa shape index (κ3) is 2.93. The fraction of sp³-hybridized carbons (Fsp3) is 0.778. The molecule has 1 aliphatic rings. The Morgan fingerprint density at radius 3 is 2.55 bits per heavy atom. The molecule has 11 heavy (non-hydrogen) atoms. The highest BCUT2D eigenvalue weighted by Crippen LogP contribution is 2.24. The first-order valence-electron chi connectivity index (χ1n) is 4.23. The average molecular weight is 156 g/mol. The van der Waals surface area contributed by atoms with Crippen molar-refractivity contribution >= 4 is 0 Å². The van der Waals surface area contributed by atoms with E-state index >= 15 is 0 Å². The van der Waals surface area contributed by atoms with Crippen molar-refractivity contribution in [1.82, 2.24) is 0 Å². The van der Waals surface area contributed by atoms with E-state index in [0.29, 0.717) is 5.92 Å². The zero-order valence-electron chi connectivity index (χ0n) is 6.83. The van der Waals surface area contributed by atoms with Gasteiger partial charge in [0, 0.05) is 0 Å². The average Bonchev–Trinajstić information content (AvgIpc) is 2.04. The number of aliphatic hydroxyl groups is 1. The molecule has 0 aromatic heterocycles. The smallest absolute Gasteiger partial charge is 0.0901 e. The van der Waals surface area contributed by atoms with Crippen molar-refractivity contribution in [2.75, 3.05) is 6.61 Å². The van der Waals surface area contributed by atoms with Gasteiger partial charge in [0.25, 0.3) is 0 Å². The molecule has 1 N–H and O–H groups in total. The van der Waals surface area contributed by atoms with E-state index in [9.17, 15) is 5.11 Å². The van der Waals surface area contributed by atoms with Gasteiger partial charge in [0.15, 0.2) is 0 Å². The molecule has 1 rings (SSSR count). The minimum atomic E-state index is -0.0602. The summed E-state index contributed by atoms with van der Waals surface area (Å²) in [5.41, 5.74) is 0. The predicted octanol–water partition coefficient (Wildman–Crippen LogP) is 1.70. The molecule has 0 radical (unpaired) electrons. The van der Waals surface area contributed by atoms with E-state index in [1.165, 1.54) is 6.26 Å². The monoisotopic (exact) mass is 156 g/mol. The van der Waals surface area contributed by atoms with E-state index in [1.54, 1.807) is 0 Å². The van der Waals surface area contributed by atoms with Crippen molar-refractivity contribution in [2.24, 2.45) is 5.92 Å². The molecule has 0 spiro atoms. The molecule has 0 aliphatic heterocycles. The zero-order valence-corrected chi connectivity index (χ0v) is 6.83. The van der Waals surface area contributed by atoms with Gasteiger partial charge < -0.3 is 9.84 Å². The summed E-state index contributed by atoms with van der Waals surface area (Å²) in [5, 5.41) is 9.19. The lowest BCUT2D eigenvalue weighted by atomic mass is 9.88. The molecule has 0 heterocycles. The van der Waals surface area contributed by atoms with E-state index in [2.05, 4.69) is 6.58 Å². The number of ether oxygens (including phenoxy) is 1. The maximum absolute atomic E-state index is 9.19. The van der Waals surface area contributed by atoms with E-state index in [4.69, 9.17) is 4.74 Å². The Hall–Kier alpha value is -0.500. The van der Waals surface area contributed by atoms with Crippen LogP contribution in [0.3, 0.4) is 0 Å². The molecule has 0 aromatic carbocycles. The van der Waals surface area contributed by atoms with Crippen LogP contribution in [-0.4, -0.2) is 17.8 Å². The highest BCUT2D eigenvalue weighted by Gasteiger charge is 2.18. The second-order valence-electron chi connectivity index (χ2n) is 3.17. The van der Waals surface area contributed by atoms with Crippen LogP contribution in [0.5, 0.6) is 0 Å². The van der Waals surface area contributed by atoms with Crippen LogP contribution in [0, 0.1) is 5.92 Å². The van der Waals surface area contributed by atoms with Gasteiger partial charge >= 0.3 is 0 Å². The normalized spacial score (nSPS) is 31.4. The molecule has 1 fully saturated rings. The van der Waals surface area contributed by atoms with Crippen LogP contribution in [0.15, 0.2) is 12.8 Å². The second-order valence-corrected chi connectivity index (χ2v) is 3.17. The van der Waals surface area contributed by atoms with E-state index in [1.807, 2.05) is 0 Å². The maximum atomic E-state index is 9.19. The molecule has 2 heteroatoms. The van der Waals surface area contributed by atoms with Crippen molar-refractivity contribution in [3.05, 3.63) is 12.8 Å². The third-order valence-electron chi connectivity index (χ3n) is 2.27. The van der Waals surface area contributed by atoms with Crippen molar-refractivity contribution < 1.29 is 9.84 Å². The summed E-state index contributed by atoms with van der Waals surface area (Å²) in [4.78, 5) is 0. The van der Waals surface area contributed by atoms with Gasteiger partial charge in [-0.25, -0.2) is 0 Å². The van der Waals surface area contributed by atoms with E-state index in [-0.39, 0.29) is 6.10 Å². The Morgan fingerprint density at radius 2 is 2.00 bits per heavy atom. The van der Waals surface area contributed by atoms with E-state index < -0.39 is 0 Å². The van der Waals surface area contributed by atoms with Crippen molar-refractivity contribution in [1.29, 1.82) is 0 Å². The first-order chi connectivity index (χ1) is 5.33. The molecule has 0 aromatic rings. The number of hydrogen-bond acceptors (Lipinski definition) is 2. The second kappa shape index (κ2) is 4.39. The zero-order chi connectivity index (χ0) is 8.10. The van der Waals surface area contributed by atoms with Crippen LogP contribution in [0.4, 0.5) is 0 Å². The van der Waals surface area contributed by atoms with Crippen LogP contribution >= 0.6 is 0 Å². The van der Waals surface area contributed by atoms with Crippen LogP contribution < -0.4 is 0 Å². The lowest BCUT2D eigenvalue weighted by molar-refractivity contribution is 0.0824. The van der Waals surface area contributed by atoms with Gasteiger partial charge in [-0.05, 0) is 31.6 Å². The quantitative estimate of drug-likeness (QED) is 0.630. The maximum Gasteiger partial charge on any atom is 0.0901 e. The summed E-state index contributed by atoms with van der Waals surface area (Å²) >= 11 is 0. The summed E-state index contributed by atoms with van der Waals surface area (Å²) in [6.45, 7) is 4.26. The largest absolute Gasteiger partial charge is 0.502 e. The minimum absolute atomic E-state index is 0.0602. The SMILES string of the molecule is C=COCC1CCC(O)CC1. The summed E-state index contributed by atoms with van der Waals surface area (Å²) in [6.07, 6.45) is 5.49. The number of aliphatic hydroxyl groups excluding tert-OH is 1. The highest BCUT2D eigenvalue weighted by molar-refractivity contribution is 4.71. The topological polar surface area (TPSA) is 29.5 Å². The Kier molecular flexibility index (Phi) is 3.43. The van der Waals surface area contributed by atoms with Gasteiger partial charge in [0.1, 0.15) is 0 Å². The van der Waals surface area contributed by atoms with Crippen molar-refractivity contribution in [3.8, 4) is 0 Å². The molecular weight excluding hydrogens is 140 g/mol. The Morgan fingerprint density at radius 1 is 1.36 bits per heavy atom. The van der Waals surface area contributed by atoms with Crippen LogP contribution in [0.1, 0.15) is 25.7 Å². The molecule has 1 aliphatic carbocycles. The van der Waals surface area contributed by atoms with Crippen molar-refractivity contribution in [3.63, 3.8) is 0 Å². The molecular formula is C9H16O2. The lowest BCUT2D eigenvalue weighted by Crippen LogP contribution is -2.20. The molecule has 0 bridgehead atoms. The summed E-state index contributed by atoms with van der Waals surface area (Å²) in [5.74, 6) is 0.636. The van der Waals surface area contributed by atoms with Crippen molar-refractivity contribution in [2.45, 2.75) is 31.8 Å². The highest BCUT2D eigenvalue weighted by atomic mass is 16.5. The van der Waals surface area contributed by atoms with Crippen LogP contribution in [0.2, 0.25) is 0 Å². The van der Waals surface area contributed by atoms with Gasteiger partial charge in [-0.3, -0.25) is 0 Å². The van der Waals surface area contributed by atoms with Gasteiger partial charge in [0.2, 0.25) is 0 Å². The lowest BCUT2D eigenvalue weighted by Gasteiger charge is -2.24. The first-order valence-corrected chi connectivity index (χ1v) is 4.23. The molecule has 0 atom stereocenters. The summed E-state index contributed by atoms with van der Waals surface area (Å²) < 4.78 is 5.09. The summed E-state index contributed by atoms with van der Waals surface area (Å²) in [6, 6.07) is 0.